The maximum absolute atomic E-state index is 11.3. The molecule has 0 aliphatic carbocycles. The van der Waals surface area contributed by atoms with E-state index in [9.17, 15) is 14.9 Å². The molecule has 0 saturated heterocycles. The van der Waals surface area contributed by atoms with Gasteiger partial charge in [-0.15, -0.1) is 0 Å². The Hall–Kier alpha value is -2.40. The molecule has 21 heavy (non-hydrogen) atoms. The minimum atomic E-state index is -0.503. The van der Waals surface area contributed by atoms with E-state index >= 15 is 0 Å². The predicted molar refractivity (Wildman–Crippen MR) is 81.9 cm³/mol. The maximum Gasteiger partial charge on any atom is 0.293 e. The lowest BCUT2D eigenvalue weighted by molar-refractivity contribution is -0.384. The van der Waals surface area contributed by atoms with Gasteiger partial charge < -0.3 is 5.32 Å². The van der Waals surface area contributed by atoms with Crippen molar-refractivity contribution in [3.63, 3.8) is 0 Å². The standard InChI is InChI=1S/C15H13ClN2O3/c1-10(19)12-4-7-14(15(8-12)18(20)21)17-9-11-2-5-13(16)6-3-11/h2-8,17H,9H2,1H3. The van der Waals surface area contributed by atoms with Crippen LogP contribution in [-0.2, 0) is 6.54 Å². The molecule has 0 unspecified atom stereocenters. The minimum Gasteiger partial charge on any atom is -0.375 e. The number of hydrogen-bond donors (Lipinski definition) is 1. The number of rotatable bonds is 5. The summed E-state index contributed by atoms with van der Waals surface area (Å²) in [7, 11) is 0. The van der Waals surface area contributed by atoms with Crippen molar-refractivity contribution in [2.24, 2.45) is 0 Å². The van der Waals surface area contributed by atoms with E-state index < -0.39 is 4.92 Å². The third kappa shape index (κ3) is 3.79. The normalized spacial score (nSPS) is 10.2. The Balaban J connectivity index is 2.21. The monoisotopic (exact) mass is 304 g/mol. The molecule has 0 heterocycles. The van der Waals surface area contributed by atoms with Crippen LogP contribution in [0.2, 0.25) is 5.02 Å². The SMILES string of the molecule is CC(=O)c1ccc(NCc2ccc(Cl)cc2)c([N+](=O)[O-])c1. The van der Waals surface area contributed by atoms with Crippen LogP contribution in [0.25, 0.3) is 0 Å². The van der Waals surface area contributed by atoms with E-state index in [4.69, 9.17) is 11.6 Å². The molecule has 108 valence electrons. The van der Waals surface area contributed by atoms with Crippen LogP contribution in [0.3, 0.4) is 0 Å². The van der Waals surface area contributed by atoms with Gasteiger partial charge in [0.2, 0.25) is 0 Å². The van der Waals surface area contributed by atoms with Crippen LogP contribution in [0.5, 0.6) is 0 Å². The molecular formula is C15H13ClN2O3. The number of Topliss-reactive ketones (excluding diaryl/α,β-unsaturated/α-hetero) is 1. The molecule has 1 N–H and O–H groups in total. The Kier molecular flexibility index (Phi) is 4.55. The molecule has 6 heteroatoms. The van der Waals surface area contributed by atoms with E-state index in [1.54, 1.807) is 24.3 Å². The Bertz CT molecular complexity index is 684. The first-order valence-electron chi connectivity index (χ1n) is 6.25. The van der Waals surface area contributed by atoms with Gasteiger partial charge in [-0.05, 0) is 36.8 Å². The van der Waals surface area contributed by atoms with Gasteiger partial charge in [-0.2, -0.15) is 0 Å². The lowest BCUT2D eigenvalue weighted by Gasteiger charge is -2.08. The zero-order chi connectivity index (χ0) is 15.4. The zero-order valence-electron chi connectivity index (χ0n) is 11.3. The predicted octanol–water partition coefficient (Wildman–Crippen LogP) is 4.06. The van der Waals surface area contributed by atoms with Crippen LogP contribution < -0.4 is 5.32 Å². The molecule has 0 amide bonds. The molecule has 0 saturated carbocycles. The van der Waals surface area contributed by atoms with Crippen LogP contribution >= 0.6 is 11.6 Å². The molecule has 0 spiro atoms. The molecule has 0 atom stereocenters. The average molecular weight is 305 g/mol. The van der Waals surface area contributed by atoms with Gasteiger partial charge in [0.1, 0.15) is 5.69 Å². The first-order chi connectivity index (χ1) is 9.97. The number of nitro groups is 1. The smallest absolute Gasteiger partial charge is 0.293 e. The summed E-state index contributed by atoms with van der Waals surface area (Å²) in [5.74, 6) is -0.206. The van der Waals surface area contributed by atoms with Gasteiger partial charge in [-0.25, -0.2) is 0 Å². The summed E-state index contributed by atoms with van der Waals surface area (Å²) in [5, 5.41) is 14.7. The van der Waals surface area contributed by atoms with E-state index in [1.807, 2.05) is 12.1 Å². The maximum atomic E-state index is 11.3. The summed E-state index contributed by atoms with van der Waals surface area (Å²) >= 11 is 5.80. The molecule has 0 radical (unpaired) electrons. The van der Waals surface area contributed by atoms with Gasteiger partial charge in [0.25, 0.3) is 5.69 Å². The Labute approximate surface area is 126 Å². The quantitative estimate of drug-likeness (QED) is 0.513. The van der Waals surface area contributed by atoms with E-state index in [-0.39, 0.29) is 11.5 Å². The highest BCUT2D eigenvalue weighted by atomic mass is 35.5. The number of carbonyl (C=O) groups is 1. The first-order valence-corrected chi connectivity index (χ1v) is 6.63. The van der Waals surface area contributed by atoms with Gasteiger partial charge in [0.05, 0.1) is 4.92 Å². The molecule has 2 aromatic rings. The number of nitrogens with one attached hydrogen (secondary N) is 1. The van der Waals surface area contributed by atoms with Crippen molar-refractivity contribution < 1.29 is 9.72 Å². The van der Waals surface area contributed by atoms with Gasteiger partial charge in [0.15, 0.2) is 5.78 Å². The van der Waals surface area contributed by atoms with E-state index in [0.717, 1.165) is 5.56 Å². The largest absolute Gasteiger partial charge is 0.375 e. The molecule has 0 aromatic heterocycles. The average Bonchev–Trinajstić information content (AvgIpc) is 2.46. The summed E-state index contributed by atoms with van der Waals surface area (Å²) < 4.78 is 0. The fourth-order valence-corrected chi connectivity index (χ4v) is 1.98. The molecule has 0 fully saturated rings. The van der Waals surface area contributed by atoms with Gasteiger partial charge in [-0.1, -0.05) is 23.7 Å². The molecule has 2 rings (SSSR count). The summed E-state index contributed by atoms with van der Waals surface area (Å²) in [6, 6.07) is 11.6. The first kappa shape index (κ1) is 15.0. The van der Waals surface area contributed by atoms with Crippen LogP contribution in [0, 0.1) is 10.1 Å². The highest BCUT2D eigenvalue weighted by Crippen LogP contribution is 2.26. The summed E-state index contributed by atoms with van der Waals surface area (Å²) in [6.07, 6.45) is 0. The Morgan fingerprint density at radius 1 is 1.24 bits per heavy atom. The molecular weight excluding hydrogens is 292 g/mol. The second-order valence-corrected chi connectivity index (χ2v) is 4.96. The van der Waals surface area contributed by atoms with Crippen molar-refractivity contribution in [3.05, 3.63) is 68.7 Å². The number of nitro benzene ring substituents is 1. The number of nitrogens with zero attached hydrogens (tertiary/aromatic N) is 1. The molecule has 0 bridgehead atoms. The van der Waals surface area contributed by atoms with Crippen molar-refractivity contribution in [2.45, 2.75) is 13.5 Å². The number of ketones is 1. The number of carbonyl (C=O) groups excluding carboxylic acids is 1. The van der Waals surface area contributed by atoms with E-state index in [1.165, 1.54) is 13.0 Å². The minimum absolute atomic E-state index is 0.114. The number of halogens is 1. The van der Waals surface area contributed by atoms with Crippen molar-refractivity contribution in [2.75, 3.05) is 5.32 Å². The third-order valence-corrected chi connectivity index (χ3v) is 3.25. The second-order valence-electron chi connectivity index (χ2n) is 4.53. The summed E-state index contributed by atoms with van der Waals surface area (Å²) in [5.41, 5.74) is 1.53. The highest BCUT2D eigenvalue weighted by molar-refractivity contribution is 6.30. The van der Waals surface area contributed by atoms with Crippen LogP contribution in [0.1, 0.15) is 22.8 Å². The van der Waals surface area contributed by atoms with Crippen LogP contribution in [-0.4, -0.2) is 10.7 Å². The Morgan fingerprint density at radius 3 is 2.48 bits per heavy atom. The topological polar surface area (TPSA) is 72.2 Å². The third-order valence-electron chi connectivity index (χ3n) is 3.00. The van der Waals surface area contributed by atoms with Crippen LogP contribution in [0.15, 0.2) is 42.5 Å². The Morgan fingerprint density at radius 2 is 1.90 bits per heavy atom. The lowest BCUT2D eigenvalue weighted by Crippen LogP contribution is -2.04. The van der Waals surface area contributed by atoms with Crippen molar-refractivity contribution in [3.8, 4) is 0 Å². The summed E-state index contributed by atoms with van der Waals surface area (Å²) in [6.45, 7) is 1.80. The van der Waals surface area contributed by atoms with Gasteiger partial charge >= 0.3 is 0 Å². The zero-order valence-corrected chi connectivity index (χ0v) is 12.1. The number of anilines is 1. The molecule has 5 nitrogen and oxygen atoms in total. The molecule has 0 aliphatic heterocycles. The van der Waals surface area contributed by atoms with Crippen molar-refractivity contribution >= 4 is 28.8 Å². The van der Waals surface area contributed by atoms with Crippen LogP contribution in [0.4, 0.5) is 11.4 Å². The second kappa shape index (κ2) is 6.37. The number of hydrogen-bond acceptors (Lipinski definition) is 4. The highest BCUT2D eigenvalue weighted by Gasteiger charge is 2.15. The summed E-state index contributed by atoms with van der Waals surface area (Å²) in [4.78, 5) is 21.9. The van der Waals surface area contributed by atoms with Gasteiger partial charge in [-0.3, -0.25) is 14.9 Å². The lowest BCUT2D eigenvalue weighted by atomic mass is 10.1. The number of benzene rings is 2. The van der Waals surface area contributed by atoms with Crippen molar-refractivity contribution in [1.29, 1.82) is 0 Å². The van der Waals surface area contributed by atoms with Gasteiger partial charge in [0, 0.05) is 23.2 Å². The van der Waals surface area contributed by atoms with E-state index in [2.05, 4.69) is 5.32 Å². The molecule has 0 aliphatic rings. The molecule has 2 aromatic carbocycles. The fraction of sp³-hybridized carbons (Fsp3) is 0.133. The van der Waals surface area contributed by atoms with E-state index in [0.29, 0.717) is 22.8 Å². The fourth-order valence-electron chi connectivity index (χ4n) is 1.85. The van der Waals surface area contributed by atoms with Crippen molar-refractivity contribution in [1.82, 2.24) is 0 Å².